The average molecular weight is 295 g/mol. The maximum atomic E-state index is 12.1. The minimum atomic E-state index is -0.949. The van der Waals surface area contributed by atoms with Gasteiger partial charge in [0, 0.05) is 12.2 Å². The van der Waals surface area contributed by atoms with Crippen LogP contribution in [0.1, 0.15) is 24.3 Å². The van der Waals surface area contributed by atoms with Crippen LogP contribution in [0, 0.1) is 0 Å². The number of rotatable bonds is 4. The van der Waals surface area contributed by atoms with Gasteiger partial charge < -0.3 is 14.7 Å². The van der Waals surface area contributed by atoms with Crippen LogP contribution in [0.2, 0.25) is 0 Å². The molecule has 1 amide bonds. The highest BCUT2D eigenvalue weighted by atomic mass is 32.2. The van der Waals surface area contributed by atoms with E-state index in [-0.39, 0.29) is 11.3 Å². The van der Waals surface area contributed by atoms with Gasteiger partial charge in [-0.2, -0.15) is 0 Å². The quantitative estimate of drug-likeness (QED) is 0.921. The van der Waals surface area contributed by atoms with Crippen LogP contribution in [0.5, 0.6) is 5.75 Å². The van der Waals surface area contributed by atoms with Crippen molar-refractivity contribution in [3.05, 3.63) is 29.8 Å². The number of hydrogen-bond acceptors (Lipinski definition) is 4. The van der Waals surface area contributed by atoms with E-state index in [9.17, 15) is 14.7 Å². The Morgan fingerprint density at radius 1 is 1.40 bits per heavy atom. The summed E-state index contributed by atoms with van der Waals surface area (Å²) in [4.78, 5) is 24.8. The van der Waals surface area contributed by atoms with Crippen molar-refractivity contribution in [1.82, 2.24) is 4.90 Å². The van der Waals surface area contributed by atoms with E-state index in [1.54, 1.807) is 14.0 Å². The van der Waals surface area contributed by atoms with Gasteiger partial charge in [-0.05, 0) is 17.7 Å². The van der Waals surface area contributed by atoms with Gasteiger partial charge in [-0.1, -0.05) is 19.1 Å². The summed E-state index contributed by atoms with van der Waals surface area (Å²) >= 11 is 1.48. The van der Waals surface area contributed by atoms with E-state index in [0.717, 1.165) is 11.3 Å². The Morgan fingerprint density at radius 2 is 2.05 bits per heavy atom. The fraction of sp³-hybridized carbons (Fsp3) is 0.429. The van der Waals surface area contributed by atoms with Crippen LogP contribution in [0.3, 0.4) is 0 Å². The van der Waals surface area contributed by atoms with E-state index in [1.807, 2.05) is 24.3 Å². The van der Waals surface area contributed by atoms with Gasteiger partial charge in [-0.3, -0.25) is 4.79 Å². The average Bonchev–Trinajstić information content (AvgIpc) is 2.91. The molecule has 2 unspecified atom stereocenters. The van der Waals surface area contributed by atoms with Crippen LogP contribution in [0.25, 0.3) is 0 Å². The molecule has 1 N–H and O–H groups in total. The van der Waals surface area contributed by atoms with Crippen LogP contribution in [0.15, 0.2) is 24.3 Å². The number of methoxy groups -OCH3 is 1. The summed E-state index contributed by atoms with van der Waals surface area (Å²) in [6, 6.07) is 6.63. The maximum absolute atomic E-state index is 12.1. The van der Waals surface area contributed by atoms with E-state index in [1.165, 1.54) is 16.7 Å². The van der Waals surface area contributed by atoms with Gasteiger partial charge in [0.15, 0.2) is 0 Å². The number of thioether (sulfide) groups is 1. The van der Waals surface area contributed by atoms with Crippen molar-refractivity contribution in [1.29, 1.82) is 0 Å². The molecule has 108 valence electrons. The normalized spacial score (nSPS) is 21.8. The Bertz CT molecular complexity index is 502. The number of amides is 1. The van der Waals surface area contributed by atoms with Gasteiger partial charge in [-0.25, -0.2) is 4.79 Å². The molecule has 0 saturated carbocycles. The lowest BCUT2D eigenvalue weighted by atomic mass is 10.1. The zero-order valence-electron chi connectivity index (χ0n) is 11.4. The first-order chi connectivity index (χ1) is 9.58. The standard InChI is InChI=1S/C14H17NO4S/c1-3-12(16)15-11(14(17)18)8-20-13(15)9-4-6-10(19-2)7-5-9/h4-7,11,13H,3,8H2,1-2H3,(H,17,18). The molecule has 0 spiro atoms. The molecule has 5 nitrogen and oxygen atoms in total. The summed E-state index contributed by atoms with van der Waals surface area (Å²) in [7, 11) is 1.59. The first-order valence-corrected chi connectivity index (χ1v) is 7.42. The van der Waals surface area contributed by atoms with Crippen LogP contribution in [-0.4, -0.2) is 40.8 Å². The Kier molecular flexibility index (Phi) is 4.54. The van der Waals surface area contributed by atoms with Crippen LogP contribution in [0.4, 0.5) is 0 Å². The van der Waals surface area contributed by atoms with Gasteiger partial charge in [0.25, 0.3) is 0 Å². The largest absolute Gasteiger partial charge is 0.497 e. The fourth-order valence-electron chi connectivity index (χ4n) is 2.21. The van der Waals surface area contributed by atoms with Crippen molar-refractivity contribution < 1.29 is 19.4 Å². The van der Waals surface area contributed by atoms with Crippen molar-refractivity contribution in [2.75, 3.05) is 12.9 Å². The van der Waals surface area contributed by atoms with Gasteiger partial charge >= 0.3 is 5.97 Å². The molecular formula is C14H17NO4S. The summed E-state index contributed by atoms with van der Waals surface area (Å²) < 4.78 is 5.11. The number of nitrogens with zero attached hydrogens (tertiary/aromatic N) is 1. The van der Waals surface area contributed by atoms with E-state index >= 15 is 0 Å². The minimum absolute atomic E-state index is 0.136. The number of hydrogen-bond donors (Lipinski definition) is 1. The van der Waals surface area contributed by atoms with E-state index in [0.29, 0.717) is 12.2 Å². The van der Waals surface area contributed by atoms with Gasteiger partial charge in [0.2, 0.25) is 5.91 Å². The topological polar surface area (TPSA) is 66.8 Å². The summed E-state index contributed by atoms with van der Waals surface area (Å²) in [6.07, 6.45) is 0.303. The third-order valence-electron chi connectivity index (χ3n) is 3.28. The zero-order valence-corrected chi connectivity index (χ0v) is 12.2. The molecule has 0 bridgehead atoms. The van der Waals surface area contributed by atoms with Gasteiger partial charge in [0.1, 0.15) is 17.2 Å². The number of ether oxygens (including phenoxy) is 1. The maximum Gasteiger partial charge on any atom is 0.327 e. The molecule has 1 aliphatic heterocycles. The first-order valence-electron chi connectivity index (χ1n) is 6.38. The molecule has 0 radical (unpaired) electrons. The molecule has 1 saturated heterocycles. The highest BCUT2D eigenvalue weighted by molar-refractivity contribution is 7.99. The molecule has 20 heavy (non-hydrogen) atoms. The minimum Gasteiger partial charge on any atom is -0.497 e. The molecule has 1 aliphatic rings. The number of benzene rings is 1. The second-order valence-electron chi connectivity index (χ2n) is 4.47. The van der Waals surface area contributed by atoms with Gasteiger partial charge in [-0.15, -0.1) is 11.8 Å². The smallest absolute Gasteiger partial charge is 0.327 e. The number of carboxylic acid groups (broad SMARTS) is 1. The number of carboxylic acids is 1. The molecular weight excluding hydrogens is 278 g/mol. The van der Waals surface area contributed by atoms with Gasteiger partial charge in [0.05, 0.1) is 7.11 Å². The lowest BCUT2D eigenvalue weighted by molar-refractivity contribution is -0.149. The van der Waals surface area contributed by atoms with E-state index < -0.39 is 12.0 Å². The fourth-order valence-corrected chi connectivity index (χ4v) is 3.65. The lowest BCUT2D eigenvalue weighted by Crippen LogP contribution is -2.42. The van der Waals surface area contributed by atoms with Crippen LogP contribution in [-0.2, 0) is 9.59 Å². The molecule has 0 aliphatic carbocycles. The van der Waals surface area contributed by atoms with Crippen molar-refractivity contribution in [2.45, 2.75) is 24.8 Å². The van der Waals surface area contributed by atoms with Crippen molar-refractivity contribution in [3.63, 3.8) is 0 Å². The van der Waals surface area contributed by atoms with E-state index in [4.69, 9.17) is 4.74 Å². The Morgan fingerprint density at radius 3 is 2.55 bits per heavy atom. The van der Waals surface area contributed by atoms with Crippen molar-refractivity contribution >= 4 is 23.6 Å². The third-order valence-corrected chi connectivity index (χ3v) is 4.60. The zero-order chi connectivity index (χ0) is 14.7. The molecule has 1 aromatic carbocycles. The monoisotopic (exact) mass is 295 g/mol. The number of carbonyl (C=O) groups excluding carboxylic acids is 1. The second kappa shape index (κ2) is 6.17. The predicted molar refractivity (Wildman–Crippen MR) is 76.8 cm³/mol. The molecule has 1 aromatic rings. The summed E-state index contributed by atoms with van der Waals surface area (Å²) in [5, 5.41) is 9.01. The third kappa shape index (κ3) is 2.75. The van der Waals surface area contributed by atoms with Crippen LogP contribution < -0.4 is 4.74 Å². The highest BCUT2D eigenvalue weighted by Gasteiger charge is 2.41. The number of carbonyl (C=O) groups is 2. The molecule has 6 heteroatoms. The van der Waals surface area contributed by atoms with Crippen molar-refractivity contribution in [3.8, 4) is 5.75 Å². The molecule has 1 heterocycles. The predicted octanol–water partition coefficient (Wildman–Crippen LogP) is 2.13. The summed E-state index contributed by atoms with van der Waals surface area (Å²) in [6.45, 7) is 1.75. The Balaban J connectivity index is 2.29. The summed E-state index contributed by atoms with van der Waals surface area (Å²) in [5.74, 6) is 0.0658. The molecule has 2 atom stereocenters. The van der Waals surface area contributed by atoms with Crippen molar-refractivity contribution in [2.24, 2.45) is 0 Å². The molecule has 1 fully saturated rings. The summed E-state index contributed by atoms with van der Waals surface area (Å²) in [5.41, 5.74) is 0.918. The SMILES string of the molecule is CCC(=O)N1C(C(=O)O)CSC1c1ccc(OC)cc1. The first kappa shape index (κ1) is 14.7. The second-order valence-corrected chi connectivity index (χ2v) is 5.58. The van der Waals surface area contributed by atoms with Crippen LogP contribution >= 0.6 is 11.8 Å². The highest BCUT2D eigenvalue weighted by Crippen LogP contribution is 2.42. The molecule has 0 aromatic heterocycles. The lowest BCUT2D eigenvalue weighted by Gasteiger charge is -2.27. The van der Waals surface area contributed by atoms with E-state index in [2.05, 4.69) is 0 Å². The Hall–Kier alpha value is -1.69. The Labute approximate surface area is 121 Å². The number of aliphatic carboxylic acids is 1. The molecule has 2 rings (SSSR count).